The molecule has 2 N–H and O–H groups in total. The molecule has 1 aromatic rings. The topological polar surface area (TPSA) is 51.4 Å². The van der Waals surface area contributed by atoms with Gasteiger partial charge in [0, 0.05) is 19.2 Å². The third kappa shape index (κ3) is 4.71. The molecule has 0 radical (unpaired) electrons. The number of aromatic nitrogens is 1. The average Bonchev–Trinajstić information content (AvgIpc) is 2.37. The second-order valence-corrected chi connectivity index (χ2v) is 4.34. The first-order chi connectivity index (χ1) is 8.19. The number of hydrogen-bond donors (Lipinski definition) is 1. The highest BCUT2D eigenvalue weighted by molar-refractivity contribution is 5.15. The zero-order valence-corrected chi connectivity index (χ0v) is 11.0. The molecule has 0 aliphatic carbocycles. The van der Waals surface area contributed by atoms with Crippen molar-refractivity contribution in [2.24, 2.45) is 11.7 Å². The predicted molar refractivity (Wildman–Crippen MR) is 70.0 cm³/mol. The minimum Gasteiger partial charge on any atom is -0.481 e. The van der Waals surface area contributed by atoms with Crippen molar-refractivity contribution in [1.29, 1.82) is 0 Å². The van der Waals surface area contributed by atoms with Gasteiger partial charge in [0.05, 0.1) is 12.8 Å². The van der Waals surface area contributed by atoms with Crippen LogP contribution in [0, 0.1) is 5.92 Å². The zero-order valence-electron chi connectivity index (χ0n) is 11.0. The third-order valence-corrected chi connectivity index (χ3v) is 2.80. The van der Waals surface area contributed by atoms with Crippen LogP contribution < -0.4 is 10.5 Å². The van der Waals surface area contributed by atoms with Gasteiger partial charge in [-0.3, -0.25) is 4.90 Å². The molecule has 0 bridgehead atoms. The van der Waals surface area contributed by atoms with Gasteiger partial charge in [-0.05, 0) is 25.1 Å². The van der Waals surface area contributed by atoms with Crippen LogP contribution in [0.1, 0.15) is 19.5 Å². The van der Waals surface area contributed by atoms with Gasteiger partial charge in [-0.2, -0.15) is 0 Å². The lowest BCUT2D eigenvalue weighted by Gasteiger charge is -2.23. The Labute approximate surface area is 104 Å². The van der Waals surface area contributed by atoms with Gasteiger partial charge < -0.3 is 10.5 Å². The number of nitrogens with zero attached hydrogens (tertiary/aromatic N) is 2. The highest BCUT2D eigenvalue weighted by atomic mass is 16.5. The van der Waals surface area contributed by atoms with Crippen molar-refractivity contribution in [1.82, 2.24) is 9.88 Å². The second kappa shape index (κ2) is 7.25. The van der Waals surface area contributed by atoms with Crippen LogP contribution >= 0.6 is 0 Å². The monoisotopic (exact) mass is 237 g/mol. The summed E-state index contributed by atoms with van der Waals surface area (Å²) in [5.74, 6) is 1.19. The summed E-state index contributed by atoms with van der Waals surface area (Å²) in [6.07, 6.45) is 0. The first-order valence-corrected chi connectivity index (χ1v) is 6.12. The van der Waals surface area contributed by atoms with Gasteiger partial charge in [-0.15, -0.1) is 0 Å². The van der Waals surface area contributed by atoms with E-state index in [-0.39, 0.29) is 0 Å². The molecule has 4 nitrogen and oxygen atoms in total. The van der Waals surface area contributed by atoms with Crippen molar-refractivity contribution in [2.75, 3.05) is 26.7 Å². The molecule has 0 amide bonds. The number of hydrogen-bond acceptors (Lipinski definition) is 4. The highest BCUT2D eigenvalue weighted by Gasteiger charge is 2.09. The fraction of sp³-hybridized carbons (Fsp3) is 0.615. The molecule has 1 aromatic heterocycles. The molecule has 0 aliphatic heterocycles. The SMILES string of the molecule is CCN(Cc1cccc(OC)n1)CC(C)CN. The van der Waals surface area contributed by atoms with Crippen molar-refractivity contribution in [3.05, 3.63) is 23.9 Å². The number of pyridine rings is 1. The fourth-order valence-corrected chi connectivity index (χ4v) is 1.71. The number of nitrogens with two attached hydrogens (primary N) is 1. The van der Waals surface area contributed by atoms with E-state index in [2.05, 4.69) is 23.7 Å². The van der Waals surface area contributed by atoms with Gasteiger partial charge in [0.25, 0.3) is 0 Å². The maximum Gasteiger partial charge on any atom is 0.213 e. The molecule has 0 saturated heterocycles. The summed E-state index contributed by atoms with van der Waals surface area (Å²) in [5.41, 5.74) is 6.69. The third-order valence-electron chi connectivity index (χ3n) is 2.80. The second-order valence-electron chi connectivity index (χ2n) is 4.34. The molecule has 0 aliphatic rings. The molecular formula is C13H23N3O. The molecule has 0 fully saturated rings. The summed E-state index contributed by atoms with van der Waals surface area (Å²) in [7, 11) is 1.64. The lowest BCUT2D eigenvalue weighted by atomic mass is 10.1. The smallest absolute Gasteiger partial charge is 0.213 e. The Morgan fingerprint density at radius 2 is 2.24 bits per heavy atom. The van der Waals surface area contributed by atoms with Crippen LogP contribution in [0.5, 0.6) is 5.88 Å². The van der Waals surface area contributed by atoms with Crippen LogP contribution in [0.15, 0.2) is 18.2 Å². The molecule has 0 spiro atoms. The van der Waals surface area contributed by atoms with Gasteiger partial charge in [-0.25, -0.2) is 4.98 Å². The molecule has 4 heteroatoms. The van der Waals surface area contributed by atoms with Crippen LogP contribution in [0.3, 0.4) is 0 Å². The molecule has 1 unspecified atom stereocenters. The minimum atomic E-state index is 0.514. The standard InChI is InChI=1S/C13H23N3O/c1-4-16(9-11(2)8-14)10-12-6-5-7-13(15-12)17-3/h5-7,11H,4,8-10,14H2,1-3H3. The van der Waals surface area contributed by atoms with E-state index in [0.717, 1.165) is 31.9 Å². The van der Waals surface area contributed by atoms with Crippen molar-refractivity contribution in [3.8, 4) is 5.88 Å². The molecule has 1 rings (SSSR count). The van der Waals surface area contributed by atoms with Crippen molar-refractivity contribution >= 4 is 0 Å². The maximum atomic E-state index is 5.65. The first kappa shape index (κ1) is 13.9. The van der Waals surface area contributed by atoms with Crippen molar-refractivity contribution in [2.45, 2.75) is 20.4 Å². The lowest BCUT2D eigenvalue weighted by molar-refractivity contribution is 0.240. The largest absolute Gasteiger partial charge is 0.481 e. The average molecular weight is 237 g/mol. The summed E-state index contributed by atoms with van der Waals surface area (Å²) in [5, 5.41) is 0. The van der Waals surface area contributed by atoms with E-state index >= 15 is 0 Å². The van der Waals surface area contributed by atoms with E-state index in [1.807, 2.05) is 18.2 Å². The Kier molecular flexibility index (Phi) is 5.94. The van der Waals surface area contributed by atoms with Crippen molar-refractivity contribution < 1.29 is 4.74 Å². The van der Waals surface area contributed by atoms with Crippen LogP contribution in [0.25, 0.3) is 0 Å². The van der Waals surface area contributed by atoms with Gasteiger partial charge in [0.15, 0.2) is 0 Å². The van der Waals surface area contributed by atoms with Crippen molar-refractivity contribution in [3.63, 3.8) is 0 Å². The van der Waals surface area contributed by atoms with E-state index in [9.17, 15) is 0 Å². The Hall–Kier alpha value is -1.13. The minimum absolute atomic E-state index is 0.514. The molecule has 0 aromatic carbocycles. The van der Waals surface area contributed by atoms with E-state index in [1.54, 1.807) is 7.11 Å². The Morgan fingerprint density at radius 3 is 2.82 bits per heavy atom. The maximum absolute atomic E-state index is 5.65. The van der Waals surface area contributed by atoms with E-state index in [0.29, 0.717) is 11.8 Å². The van der Waals surface area contributed by atoms with Gasteiger partial charge in [0.1, 0.15) is 0 Å². The predicted octanol–water partition coefficient (Wildman–Crippen LogP) is 1.51. The molecule has 1 atom stereocenters. The normalized spacial score (nSPS) is 12.8. The van der Waals surface area contributed by atoms with E-state index in [4.69, 9.17) is 10.5 Å². The van der Waals surface area contributed by atoms with Gasteiger partial charge in [0.2, 0.25) is 5.88 Å². The van der Waals surface area contributed by atoms with Crippen LogP contribution in [-0.2, 0) is 6.54 Å². The Bertz CT molecular complexity index is 330. The zero-order chi connectivity index (χ0) is 12.7. The van der Waals surface area contributed by atoms with Crippen LogP contribution in [-0.4, -0.2) is 36.6 Å². The summed E-state index contributed by atoms with van der Waals surface area (Å²) in [6, 6.07) is 5.86. The number of methoxy groups -OCH3 is 1. The quantitative estimate of drug-likeness (QED) is 0.781. The number of ether oxygens (including phenoxy) is 1. The highest BCUT2D eigenvalue weighted by Crippen LogP contribution is 2.10. The molecular weight excluding hydrogens is 214 g/mol. The fourth-order valence-electron chi connectivity index (χ4n) is 1.71. The van der Waals surface area contributed by atoms with Crippen LogP contribution in [0.4, 0.5) is 0 Å². The summed E-state index contributed by atoms with van der Waals surface area (Å²) >= 11 is 0. The van der Waals surface area contributed by atoms with E-state index < -0.39 is 0 Å². The Morgan fingerprint density at radius 1 is 1.47 bits per heavy atom. The van der Waals surface area contributed by atoms with Crippen LogP contribution in [0.2, 0.25) is 0 Å². The summed E-state index contributed by atoms with van der Waals surface area (Å²) in [4.78, 5) is 6.76. The summed E-state index contributed by atoms with van der Waals surface area (Å²) in [6.45, 7) is 7.90. The molecule has 0 saturated carbocycles. The van der Waals surface area contributed by atoms with Gasteiger partial charge >= 0.3 is 0 Å². The lowest BCUT2D eigenvalue weighted by Crippen LogP contribution is -2.31. The molecule has 17 heavy (non-hydrogen) atoms. The molecule has 1 heterocycles. The van der Waals surface area contributed by atoms with E-state index in [1.165, 1.54) is 0 Å². The Balaban J connectivity index is 2.60. The molecule has 96 valence electrons. The first-order valence-electron chi connectivity index (χ1n) is 6.12. The number of rotatable bonds is 7. The summed E-state index contributed by atoms with van der Waals surface area (Å²) < 4.78 is 5.12. The van der Waals surface area contributed by atoms with Gasteiger partial charge in [-0.1, -0.05) is 19.9 Å².